The summed E-state index contributed by atoms with van der Waals surface area (Å²) >= 11 is 0. The van der Waals surface area contributed by atoms with E-state index in [2.05, 4.69) is 10.1 Å². The predicted octanol–water partition coefficient (Wildman–Crippen LogP) is 2.97. The highest BCUT2D eigenvalue weighted by atomic mass is 16.5. The molecule has 1 aromatic carbocycles. The van der Waals surface area contributed by atoms with E-state index < -0.39 is 5.97 Å². The van der Waals surface area contributed by atoms with E-state index in [9.17, 15) is 9.59 Å². The lowest BCUT2D eigenvalue weighted by Gasteiger charge is -2.13. The van der Waals surface area contributed by atoms with Crippen molar-refractivity contribution in [2.75, 3.05) is 6.61 Å². The van der Waals surface area contributed by atoms with Crippen molar-refractivity contribution < 1.29 is 18.8 Å². The summed E-state index contributed by atoms with van der Waals surface area (Å²) < 4.78 is 10.0. The van der Waals surface area contributed by atoms with Gasteiger partial charge in [0.2, 0.25) is 11.7 Å². The van der Waals surface area contributed by atoms with Gasteiger partial charge < -0.3 is 9.26 Å². The van der Waals surface area contributed by atoms with Crippen LogP contribution in [0.5, 0.6) is 0 Å². The molecule has 0 aliphatic heterocycles. The summed E-state index contributed by atoms with van der Waals surface area (Å²) in [4.78, 5) is 28.1. The van der Waals surface area contributed by atoms with Gasteiger partial charge in [0, 0.05) is 12.0 Å². The summed E-state index contributed by atoms with van der Waals surface area (Å²) in [6, 6.07) is 1.86. The molecular formula is C18H22N2O4. The number of ketones is 1. The minimum Gasteiger partial charge on any atom is -0.457 e. The van der Waals surface area contributed by atoms with Gasteiger partial charge in [-0.2, -0.15) is 4.98 Å². The summed E-state index contributed by atoms with van der Waals surface area (Å²) in [7, 11) is 0. The van der Waals surface area contributed by atoms with Crippen LogP contribution in [-0.2, 0) is 16.0 Å². The maximum absolute atomic E-state index is 12.3. The smallest absolute Gasteiger partial charge is 0.306 e. The summed E-state index contributed by atoms with van der Waals surface area (Å²) in [5, 5.41) is 3.65. The third kappa shape index (κ3) is 4.07. The van der Waals surface area contributed by atoms with Crippen LogP contribution in [0.2, 0.25) is 0 Å². The first-order valence-electron chi connectivity index (χ1n) is 7.85. The zero-order valence-electron chi connectivity index (χ0n) is 14.7. The van der Waals surface area contributed by atoms with E-state index in [1.54, 1.807) is 6.92 Å². The Kier molecular flexibility index (Phi) is 5.49. The Morgan fingerprint density at radius 3 is 2.42 bits per heavy atom. The van der Waals surface area contributed by atoms with Gasteiger partial charge >= 0.3 is 5.97 Å². The number of aromatic nitrogens is 2. The molecule has 0 N–H and O–H groups in total. The maximum Gasteiger partial charge on any atom is 0.306 e. The Balaban J connectivity index is 1.92. The van der Waals surface area contributed by atoms with Crippen LogP contribution in [0.25, 0.3) is 0 Å². The van der Waals surface area contributed by atoms with E-state index in [4.69, 9.17) is 9.26 Å². The van der Waals surface area contributed by atoms with Crippen LogP contribution in [0.1, 0.15) is 50.7 Å². The molecule has 0 aliphatic rings. The lowest BCUT2D eigenvalue weighted by molar-refractivity contribution is -0.142. The van der Waals surface area contributed by atoms with Crippen molar-refractivity contribution in [3.05, 3.63) is 45.6 Å². The van der Waals surface area contributed by atoms with E-state index >= 15 is 0 Å². The molecule has 0 spiro atoms. The zero-order valence-corrected chi connectivity index (χ0v) is 14.7. The molecule has 0 aliphatic carbocycles. The SMILES string of the molecule is Cc1noc(CCC(=O)OCC(=O)c2cc(C)c(C)c(C)c2C)n1. The second-order valence-corrected chi connectivity index (χ2v) is 5.94. The number of hydrogen-bond donors (Lipinski definition) is 0. The number of ether oxygens (including phenoxy) is 1. The first-order chi connectivity index (χ1) is 11.3. The van der Waals surface area contributed by atoms with Gasteiger partial charge in [-0.05, 0) is 62.9 Å². The summed E-state index contributed by atoms with van der Waals surface area (Å²) in [5.41, 5.74) is 4.86. The minimum absolute atomic E-state index is 0.0971. The number of benzene rings is 1. The number of carbonyl (C=O) groups is 2. The minimum atomic E-state index is -0.461. The van der Waals surface area contributed by atoms with Gasteiger partial charge in [0.05, 0.1) is 6.42 Å². The fourth-order valence-corrected chi connectivity index (χ4v) is 2.45. The number of rotatable bonds is 6. The van der Waals surface area contributed by atoms with Crippen molar-refractivity contribution in [2.24, 2.45) is 0 Å². The van der Waals surface area contributed by atoms with Gasteiger partial charge in [-0.3, -0.25) is 9.59 Å². The number of carbonyl (C=O) groups excluding carboxylic acids is 2. The van der Waals surface area contributed by atoms with Crippen LogP contribution >= 0.6 is 0 Å². The van der Waals surface area contributed by atoms with E-state index in [-0.39, 0.29) is 18.8 Å². The molecule has 24 heavy (non-hydrogen) atoms. The molecule has 0 saturated heterocycles. The molecule has 1 heterocycles. The largest absolute Gasteiger partial charge is 0.457 e. The average Bonchev–Trinajstić information content (AvgIpc) is 2.97. The molecule has 0 radical (unpaired) electrons. The second kappa shape index (κ2) is 7.38. The van der Waals surface area contributed by atoms with E-state index in [0.717, 1.165) is 16.7 Å². The second-order valence-electron chi connectivity index (χ2n) is 5.94. The Labute approximate surface area is 141 Å². The van der Waals surface area contributed by atoms with Crippen molar-refractivity contribution in [3.63, 3.8) is 0 Å². The number of Topliss-reactive ketones (excluding diaryl/α,β-unsaturated/α-hetero) is 1. The highest BCUT2D eigenvalue weighted by Gasteiger charge is 2.16. The normalized spacial score (nSPS) is 10.7. The third-order valence-corrected chi connectivity index (χ3v) is 4.26. The van der Waals surface area contributed by atoms with Crippen molar-refractivity contribution in [1.29, 1.82) is 0 Å². The molecular weight excluding hydrogens is 308 g/mol. The Bertz CT molecular complexity index is 778. The fourth-order valence-electron chi connectivity index (χ4n) is 2.45. The number of nitrogens with zero attached hydrogens (tertiary/aromatic N) is 2. The lowest BCUT2D eigenvalue weighted by Crippen LogP contribution is -2.16. The van der Waals surface area contributed by atoms with Crippen molar-refractivity contribution >= 4 is 11.8 Å². The molecule has 6 nitrogen and oxygen atoms in total. The van der Waals surface area contributed by atoms with E-state index in [1.165, 1.54) is 5.56 Å². The zero-order chi connectivity index (χ0) is 17.9. The number of aryl methyl sites for hydroxylation is 3. The third-order valence-electron chi connectivity index (χ3n) is 4.26. The Hall–Kier alpha value is -2.50. The fraction of sp³-hybridized carbons (Fsp3) is 0.444. The molecule has 0 bridgehead atoms. The van der Waals surface area contributed by atoms with E-state index in [1.807, 2.05) is 33.8 Å². The maximum atomic E-state index is 12.3. The van der Waals surface area contributed by atoms with Crippen molar-refractivity contribution in [1.82, 2.24) is 10.1 Å². The molecule has 1 aromatic heterocycles. The average molecular weight is 330 g/mol. The van der Waals surface area contributed by atoms with Crippen LogP contribution in [0, 0.1) is 34.6 Å². The predicted molar refractivity (Wildman–Crippen MR) is 88.0 cm³/mol. The number of hydrogen-bond acceptors (Lipinski definition) is 6. The van der Waals surface area contributed by atoms with Crippen molar-refractivity contribution in [2.45, 2.75) is 47.5 Å². The number of esters is 1. The van der Waals surface area contributed by atoms with Gasteiger partial charge in [-0.1, -0.05) is 5.16 Å². The molecule has 0 amide bonds. The van der Waals surface area contributed by atoms with Gasteiger partial charge in [-0.25, -0.2) is 0 Å². The van der Waals surface area contributed by atoms with Gasteiger partial charge in [0.1, 0.15) is 0 Å². The molecule has 2 aromatic rings. The van der Waals surface area contributed by atoms with Crippen LogP contribution in [0.15, 0.2) is 10.6 Å². The Morgan fingerprint density at radius 2 is 1.79 bits per heavy atom. The molecule has 128 valence electrons. The van der Waals surface area contributed by atoms with Gasteiger partial charge in [0.25, 0.3) is 0 Å². The molecule has 6 heteroatoms. The van der Waals surface area contributed by atoms with Gasteiger partial charge in [-0.15, -0.1) is 0 Å². The quantitative estimate of drug-likeness (QED) is 0.598. The summed E-state index contributed by atoms with van der Waals surface area (Å²) in [5.74, 6) is 0.253. The van der Waals surface area contributed by atoms with Crippen LogP contribution in [0.4, 0.5) is 0 Å². The molecule has 2 rings (SSSR count). The Morgan fingerprint density at radius 1 is 1.08 bits per heavy atom. The highest BCUT2D eigenvalue weighted by Crippen LogP contribution is 2.21. The first-order valence-corrected chi connectivity index (χ1v) is 7.85. The topological polar surface area (TPSA) is 82.3 Å². The molecule has 0 atom stereocenters. The summed E-state index contributed by atoms with van der Waals surface area (Å²) in [6.45, 7) is 9.35. The first kappa shape index (κ1) is 17.8. The molecule has 0 unspecified atom stereocenters. The lowest BCUT2D eigenvalue weighted by atomic mass is 9.93. The van der Waals surface area contributed by atoms with Gasteiger partial charge in [0.15, 0.2) is 12.4 Å². The van der Waals surface area contributed by atoms with Crippen molar-refractivity contribution in [3.8, 4) is 0 Å². The molecule has 0 saturated carbocycles. The van der Waals surface area contributed by atoms with E-state index in [0.29, 0.717) is 23.7 Å². The van der Waals surface area contributed by atoms with Crippen LogP contribution < -0.4 is 0 Å². The highest BCUT2D eigenvalue weighted by molar-refractivity contribution is 5.99. The monoisotopic (exact) mass is 330 g/mol. The summed E-state index contributed by atoms with van der Waals surface area (Å²) in [6.07, 6.45) is 0.398. The molecule has 0 fully saturated rings. The standard InChI is InChI=1S/C18H22N2O4/c1-10-8-15(13(4)12(3)11(10)2)16(21)9-23-18(22)7-6-17-19-14(5)20-24-17/h8H,6-7,9H2,1-5H3. The van der Waals surface area contributed by atoms with Crippen LogP contribution in [-0.4, -0.2) is 28.5 Å². The van der Waals surface area contributed by atoms with Crippen LogP contribution in [0.3, 0.4) is 0 Å².